The Morgan fingerprint density at radius 3 is 1.18 bits per heavy atom. The molecule has 0 fully saturated rings. The number of benzene rings is 7. The summed E-state index contributed by atoms with van der Waals surface area (Å²) in [6.07, 6.45) is 0. The first-order valence-corrected chi connectivity index (χ1v) is 14.5. The minimum Gasteiger partial charge on any atom is -0.0616 e. The second kappa shape index (κ2) is 7.20. The molecular weight excluding hydrogens is 480 g/mol. The second-order valence-corrected chi connectivity index (χ2v) is 12.9. The first-order chi connectivity index (χ1) is 19.4. The molecule has 0 heteroatoms. The summed E-state index contributed by atoms with van der Waals surface area (Å²) in [5.74, 6) is 0. The van der Waals surface area contributed by atoms with Crippen molar-refractivity contribution < 1.29 is 0 Å². The van der Waals surface area contributed by atoms with Gasteiger partial charge in [0.05, 0.1) is 0 Å². The minimum atomic E-state index is -0.112. The first kappa shape index (κ1) is 22.4. The van der Waals surface area contributed by atoms with E-state index in [9.17, 15) is 0 Å². The molecule has 0 unspecified atom stereocenters. The van der Waals surface area contributed by atoms with Crippen molar-refractivity contribution >= 4 is 43.1 Å². The van der Waals surface area contributed by atoms with E-state index in [0.29, 0.717) is 0 Å². The molecule has 0 aromatic heterocycles. The van der Waals surface area contributed by atoms with Gasteiger partial charge in [-0.05, 0) is 87.6 Å². The number of hydrogen-bond donors (Lipinski definition) is 0. The SMILES string of the molecule is CC1(C)c2ccc3ccccc3c2-c2c3cccc4c3c(c3cccc1c23)-c1c(ccc2ccccc12)C4(C)C. The molecule has 0 aliphatic heterocycles. The van der Waals surface area contributed by atoms with Gasteiger partial charge in [0.25, 0.3) is 0 Å². The van der Waals surface area contributed by atoms with Gasteiger partial charge in [0.2, 0.25) is 0 Å². The average molecular weight is 511 g/mol. The first-order valence-electron chi connectivity index (χ1n) is 14.5. The fraction of sp³-hybridized carbons (Fsp3) is 0.150. The lowest BCUT2D eigenvalue weighted by Crippen LogP contribution is -2.26. The Morgan fingerprint density at radius 2 is 0.725 bits per heavy atom. The summed E-state index contributed by atoms with van der Waals surface area (Å²) >= 11 is 0. The molecule has 0 nitrogen and oxygen atoms in total. The van der Waals surface area contributed by atoms with Crippen molar-refractivity contribution in [2.24, 2.45) is 0 Å². The van der Waals surface area contributed by atoms with E-state index in [0.717, 1.165) is 0 Å². The van der Waals surface area contributed by atoms with Crippen LogP contribution in [-0.4, -0.2) is 0 Å². The third-order valence-electron chi connectivity index (χ3n) is 10.2. The maximum atomic E-state index is 2.41. The summed E-state index contributed by atoms with van der Waals surface area (Å²) in [4.78, 5) is 0. The highest BCUT2D eigenvalue weighted by molar-refractivity contribution is 6.29. The third-order valence-corrected chi connectivity index (χ3v) is 10.2. The number of hydrogen-bond acceptors (Lipinski definition) is 0. The van der Waals surface area contributed by atoms with Gasteiger partial charge in [-0.2, -0.15) is 0 Å². The highest BCUT2D eigenvalue weighted by Gasteiger charge is 2.40. The van der Waals surface area contributed by atoms with Crippen molar-refractivity contribution in [3.63, 3.8) is 0 Å². The van der Waals surface area contributed by atoms with Gasteiger partial charge < -0.3 is 0 Å². The highest BCUT2D eigenvalue weighted by atomic mass is 14.4. The zero-order valence-electron chi connectivity index (χ0n) is 23.4. The van der Waals surface area contributed by atoms with Gasteiger partial charge in [-0.15, -0.1) is 0 Å². The Hall–Kier alpha value is -4.42. The number of fused-ring (bicyclic) bond motifs is 10. The van der Waals surface area contributed by atoms with Crippen molar-refractivity contribution in [3.8, 4) is 22.3 Å². The quantitative estimate of drug-likeness (QED) is 0.178. The summed E-state index contributed by atoms with van der Waals surface area (Å²) < 4.78 is 0. The van der Waals surface area contributed by atoms with Crippen LogP contribution in [0.3, 0.4) is 0 Å². The molecule has 9 rings (SSSR count). The van der Waals surface area contributed by atoms with Crippen LogP contribution >= 0.6 is 0 Å². The summed E-state index contributed by atoms with van der Waals surface area (Å²) in [5.41, 5.74) is 11.1. The molecule has 40 heavy (non-hydrogen) atoms. The lowest BCUT2D eigenvalue weighted by Gasteiger charge is -2.40. The number of rotatable bonds is 0. The van der Waals surface area contributed by atoms with E-state index in [2.05, 4.69) is 137 Å². The molecular formula is C40H30. The Balaban J connectivity index is 1.62. The van der Waals surface area contributed by atoms with E-state index in [1.165, 1.54) is 87.6 Å². The molecule has 7 aromatic rings. The van der Waals surface area contributed by atoms with Gasteiger partial charge in [0, 0.05) is 10.8 Å². The lowest BCUT2D eigenvalue weighted by molar-refractivity contribution is 0.644. The second-order valence-electron chi connectivity index (χ2n) is 12.9. The Morgan fingerprint density at radius 1 is 0.325 bits per heavy atom. The Bertz CT molecular complexity index is 2100. The molecule has 0 saturated heterocycles. The van der Waals surface area contributed by atoms with Gasteiger partial charge in [0.15, 0.2) is 0 Å². The van der Waals surface area contributed by atoms with E-state index in [4.69, 9.17) is 0 Å². The monoisotopic (exact) mass is 510 g/mol. The smallest absolute Gasteiger partial charge is 0.0159 e. The predicted octanol–water partition coefficient (Wildman–Crippen LogP) is 10.9. The van der Waals surface area contributed by atoms with Crippen LogP contribution in [0.1, 0.15) is 49.9 Å². The van der Waals surface area contributed by atoms with Crippen molar-refractivity contribution in [3.05, 3.63) is 131 Å². The zero-order chi connectivity index (χ0) is 27.0. The molecule has 0 amide bonds. The lowest BCUT2D eigenvalue weighted by atomic mass is 9.62. The van der Waals surface area contributed by atoms with Gasteiger partial charge in [-0.3, -0.25) is 0 Å². The molecule has 0 atom stereocenters. The maximum Gasteiger partial charge on any atom is 0.0159 e. The van der Waals surface area contributed by atoms with Crippen LogP contribution in [0, 0.1) is 0 Å². The van der Waals surface area contributed by atoms with Crippen LogP contribution in [0.2, 0.25) is 0 Å². The Kier molecular flexibility index (Phi) is 4.03. The van der Waals surface area contributed by atoms with E-state index in [-0.39, 0.29) is 10.8 Å². The summed E-state index contributed by atoms with van der Waals surface area (Å²) in [6, 6.07) is 41.4. The van der Waals surface area contributed by atoms with Gasteiger partial charge >= 0.3 is 0 Å². The van der Waals surface area contributed by atoms with Crippen molar-refractivity contribution in [1.82, 2.24) is 0 Å². The molecule has 2 aliphatic carbocycles. The zero-order valence-corrected chi connectivity index (χ0v) is 23.4. The topological polar surface area (TPSA) is 0 Å². The van der Waals surface area contributed by atoms with Crippen LogP contribution in [0.25, 0.3) is 65.3 Å². The van der Waals surface area contributed by atoms with E-state index in [1.807, 2.05) is 0 Å². The van der Waals surface area contributed by atoms with Gasteiger partial charge in [-0.25, -0.2) is 0 Å². The Labute approximate surface area is 234 Å². The fourth-order valence-electron chi connectivity index (χ4n) is 8.30. The molecule has 7 aromatic carbocycles. The van der Waals surface area contributed by atoms with E-state index in [1.54, 1.807) is 0 Å². The average Bonchev–Trinajstić information content (AvgIpc) is 2.97. The van der Waals surface area contributed by atoms with Crippen LogP contribution < -0.4 is 0 Å². The summed E-state index contributed by atoms with van der Waals surface area (Å²) in [7, 11) is 0. The molecule has 0 heterocycles. The van der Waals surface area contributed by atoms with Crippen molar-refractivity contribution in [2.75, 3.05) is 0 Å². The fourth-order valence-corrected chi connectivity index (χ4v) is 8.30. The molecule has 0 radical (unpaired) electrons. The highest BCUT2D eigenvalue weighted by Crippen LogP contribution is 2.59. The summed E-state index contributed by atoms with van der Waals surface area (Å²) in [5, 5.41) is 10.9. The van der Waals surface area contributed by atoms with Gasteiger partial charge in [0.1, 0.15) is 0 Å². The molecule has 0 saturated carbocycles. The largest absolute Gasteiger partial charge is 0.0616 e. The third kappa shape index (κ3) is 2.49. The molecule has 190 valence electrons. The van der Waals surface area contributed by atoms with Crippen LogP contribution in [0.4, 0.5) is 0 Å². The normalized spacial score (nSPS) is 15.9. The molecule has 0 spiro atoms. The van der Waals surface area contributed by atoms with Crippen molar-refractivity contribution in [1.29, 1.82) is 0 Å². The van der Waals surface area contributed by atoms with E-state index < -0.39 is 0 Å². The summed E-state index contributed by atoms with van der Waals surface area (Å²) in [6.45, 7) is 9.65. The minimum absolute atomic E-state index is 0.112. The predicted molar refractivity (Wildman–Crippen MR) is 172 cm³/mol. The van der Waals surface area contributed by atoms with Crippen LogP contribution in [0.15, 0.2) is 109 Å². The van der Waals surface area contributed by atoms with Crippen LogP contribution in [-0.2, 0) is 10.8 Å². The van der Waals surface area contributed by atoms with Crippen molar-refractivity contribution in [2.45, 2.75) is 38.5 Å². The van der Waals surface area contributed by atoms with Crippen LogP contribution in [0.5, 0.6) is 0 Å². The van der Waals surface area contributed by atoms with E-state index >= 15 is 0 Å². The standard InChI is InChI=1S/C40H30/c1-39(2)29-17-9-15-27-35(29)37(33-25-13-7-5-11-23(25)19-21-31(33)39)28-16-10-18-30-36(28)38(27)34-26-14-8-6-12-24(26)20-22-32(34)40(30,3)4/h5-22H,1-4H3. The van der Waals surface area contributed by atoms with Gasteiger partial charge in [-0.1, -0.05) is 137 Å². The molecule has 0 N–H and O–H groups in total. The molecule has 0 bridgehead atoms. The molecule has 2 aliphatic rings. The maximum absolute atomic E-state index is 2.41.